The zero-order valence-corrected chi connectivity index (χ0v) is 18.3. The zero-order chi connectivity index (χ0) is 22.4. The molecule has 0 saturated carbocycles. The molecule has 2 amide bonds. The van der Waals surface area contributed by atoms with Gasteiger partial charge >= 0.3 is 11.8 Å². The van der Waals surface area contributed by atoms with Gasteiger partial charge in [0.05, 0.1) is 4.90 Å². The highest BCUT2D eigenvalue weighted by atomic mass is 32.2. The summed E-state index contributed by atoms with van der Waals surface area (Å²) in [5.41, 5.74) is 1.85. The largest absolute Gasteiger partial charge is 0.346 e. The second kappa shape index (κ2) is 9.84. The van der Waals surface area contributed by atoms with Crippen molar-refractivity contribution in [2.75, 3.05) is 6.54 Å². The summed E-state index contributed by atoms with van der Waals surface area (Å²) in [4.78, 5) is 24.9. The Kier molecular flexibility index (Phi) is 7.19. The van der Waals surface area contributed by atoms with Crippen molar-refractivity contribution in [2.45, 2.75) is 23.6 Å². The summed E-state index contributed by atoms with van der Waals surface area (Å²) in [7, 11) is -3.93. The van der Waals surface area contributed by atoms with Gasteiger partial charge in [-0.15, -0.1) is 11.3 Å². The summed E-state index contributed by atoms with van der Waals surface area (Å²) in [5, 5.41) is 5.56. The van der Waals surface area contributed by atoms with Crippen molar-refractivity contribution in [1.82, 2.24) is 10.6 Å². The minimum absolute atomic E-state index is 0.0643. The Morgan fingerprint density at radius 3 is 2.29 bits per heavy atom. The first-order valence-electron chi connectivity index (χ1n) is 9.42. The van der Waals surface area contributed by atoms with E-state index in [2.05, 4.69) is 10.6 Å². The molecule has 31 heavy (non-hydrogen) atoms. The first kappa shape index (κ1) is 22.6. The normalized spacial score (nSPS) is 12.2. The van der Waals surface area contributed by atoms with Gasteiger partial charge in [-0.3, -0.25) is 9.59 Å². The number of hydrogen-bond donors (Lipinski definition) is 2. The standard InChI is InChI=1S/C22H21FN2O4S2/c1-15-5-2-3-6-16(15)13-24-21(26)22(27)25-14-20(19-7-4-12-30-19)31(28,29)18-10-8-17(23)9-11-18/h2-12,20H,13-14H2,1H3,(H,24,26)(H,25,27)/t20-/m0/s1. The Balaban J connectivity index is 1.69. The van der Waals surface area contributed by atoms with Gasteiger partial charge < -0.3 is 10.6 Å². The fourth-order valence-corrected chi connectivity index (χ4v) is 5.74. The molecule has 1 heterocycles. The number of thiophene rings is 1. The van der Waals surface area contributed by atoms with E-state index in [1.165, 1.54) is 23.5 Å². The topological polar surface area (TPSA) is 92.3 Å². The van der Waals surface area contributed by atoms with Crippen molar-refractivity contribution < 1.29 is 22.4 Å². The molecule has 1 atom stereocenters. The number of sulfone groups is 1. The predicted molar refractivity (Wildman–Crippen MR) is 117 cm³/mol. The average molecular weight is 461 g/mol. The lowest BCUT2D eigenvalue weighted by molar-refractivity contribution is -0.139. The van der Waals surface area contributed by atoms with Crippen LogP contribution in [0.25, 0.3) is 0 Å². The van der Waals surface area contributed by atoms with Crippen LogP contribution >= 0.6 is 11.3 Å². The van der Waals surface area contributed by atoms with Gasteiger partial charge in [0.15, 0.2) is 9.84 Å². The van der Waals surface area contributed by atoms with E-state index in [1.54, 1.807) is 17.5 Å². The van der Waals surface area contributed by atoms with Gasteiger partial charge in [-0.2, -0.15) is 0 Å². The van der Waals surface area contributed by atoms with E-state index in [4.69, 9.17) is 0 Å². The number of hydrogen-bond acceptors (Lipinski definition) is 5. The van der Waals surface area contributed by atoms with Crippen molar-refractivity contribution in [3.05, 3.63) is 87.9 Å². The molecule has 0 fully saturated rings. The van der Waals surface area contributed by atoms with Crippen molar-refractivity contribution in [1.29, 1.82) is 0 Å². The minimum atomic E-state index is -3.93. The van der Waals surface area contributed by atoms with Gasteiger partial charge in [-0.25, -0.2) is 12.8 Å². The number of amides is 2. The lowest BCUT2D eigenvalue weighted by Gasteiger charge is -2.17. The summed E-state index contributed by atoms with van der Waals surface area (Å²) in [6, 6.07) is 15.3. The molecule has 3 rings (SSSR count). The van der Waals surface area contributed by atoms with E-state index in [0.29, 0.717) is 4.88 Å². The smallest absolute Gasteiger partial charge is 0.309 e. The van der Waals surface area contributed by atoms with Crippen LogP contribution in [0.2, 0.25) is 0 Å². The van der Waals surface area contributed by atoms with Gasteiger partial charge in [-0.1, -0.05) is 30.3 Å². The molecule has 162 valence electrons. The third-order valence-electron chi connectivity index (χ3n) is 4.73. The van der Waals surface area contributed by atoms with Gasteiger partial charge in [-0.05, 0) is 53.8 Å². The van der Waals surface area contributed by atoms with Crippen LogP contribution in [0.15, 0.2) is 70.9 Å². The highest BCUT2D eigenvalue weighted by molar-refractivity contribution is 7.91. The molecule has 2 N–H and O–H groups in total. The molecule has 9 heteroatoms. The fourth-order valence-electron chi connectivity index (χ4n) is 2.96. The lowest BCUT2D eigenvalue weighted by Crippen LogP contribution is -2.42. The molecule has 0 aliphatic heterocycles. The van der Waals surface area contributed by atoms with Gasteiger partial charge in [0.2, 0.25) is 0 Å². The number of benzene rings is 2. The number of carbonyl (C=O) groups is 2. The zero-order valence-electron chi connectivity index (χ0n) is 16.7. The van der Waals surface area contributed by atoms with E-state index in [9.17, 15) is 22.4 Å². The molecular weight excluding hydrogens is 439 g/mol. The van der Waals surface area contributed by atoms with Crippen LogP contribution < -0.4 is 10.6 Å². The van der Waals surface area contributed by atoms with Crippen LogP contribution in [-0.4, -0.2) is 26.8 Å². The van der Waals surface area contributed by atoms with Gasteiger partial charge in [0.1, 0.15) is 11.1 Å². The molecule has 2 aromatic carbocycles. The highest BCUT2D eigenvalue weighted by Crippen LogP contribution is 2.31. The van der Waals surface area contributed by atoms with E-state index in [1.807, 2.05) is 31.2 Å². The van der Waals surface area contributed by atoms with E-state index >= 15 is 0 Å². The molecular formula is C22H21FN2O4S2. The van der Waals surface area contributed by atoms with Gasteiger partial charge in [0.25, 0.3) is 0 Å². The van der Waals surface area contributed by atoms with Crippen LogP contribution in [0.3, 0.4) is 0 Å². The maximum absolute atomic E-state index is 13.2. The van der Waals surface area contributed by atoms with Crippen LogP contribution in [0.4, 0.5) is 4.39 Å². The third kappa shape index (κ3) is 5.56. The van der Waals surface area contributed by atoms with Crippen LogP contribution in [-0.2, 0) is 26.0 Å². The maximum atomic E-state index is 13.2. The monoisotopic (exact) mass is 460 g/mol. The van der Waals surface area contributed by atoms with Crippen LogP contribution in [0, 0.1) is 12.7 Å². The molecule has 0 spiro atoms. The maximum Gasteiger partial charge on any atom is 0.309 e. The second-order valence-electron chi connectivity index (χ2n) is 6.82. The number of nitrogens with one attached hydrogen (secondary N) is 2. The minimum Gasteiger partial charge on any atom is -0.346 e. The van der Waals surface area contributed by atoms with E-state index < -0.39 is 32.7 Å². The Morgan fingerprint density at radius 2 is 1.65 bits per heavy atom. The quantitative estimate of drug-likeness (QED) is 0.419. The number of halogens is 1. The predicted octanol–water partition coefficient (Wildman–Crippen LogP) is 3.14. The highest BCUT2D eigenvalue weighted by Gasteiger charge is 2.31. The molecule has 0 aliphatic carbocycles. The van der Waals surface area contributed by atoms with Crippen molar-refractivity contribution in [3.63, 3.8) is 0 Å². The summed E-state index contributed by atoms with van der Waals surface area (Å²) < 4.78 is 39.4. The molecule has 0 saturated heterocycles. The first-order chi connectivity index (χ1) is 14.8. The molecule has 0 bridgehead atoms. The van der Waals surface area contributed by atoms with Crippen molar-refractivity contribution in [3.8, 4) is 0 Å². The van der Waals surface area contributed by atoms with E-state index in [0.717, 1.165) is 23.3 Å². The number of rotatable bonds is 7. The molecule has 0 aliphatic rings. The van der Waals surface area contributed by atoms with Crippen LogP contribution in [0.1, 0.15) is 21.3 Å². The fraction of sp³-hybridized carbons (Fsp3) is 0.182. The Labute approximate surface area is 184 Å². The number of carbonyl (C=O) groups excluding carboxylic acids is 2. The SMILES string of the molecule is Cc1ccccc1CNC(=O)C(=O)NC[C@@H](c1cccs1)S(=O)(=O)c1ccc(F)cc1. The number of aryl methyl sites for hydroxylation is 1. The van der Waals surface area contributed by atoms with Gasteiger partial charge in [0, 0.05) is 18.0 Å². The average Bonchev–Trinajstić information content (AvgIpc) is 3.27. The molecule has 0 radical (unpaired) electrons. The third-order valence-corrected chi connectivity index (χ3v) is 7.97. The summed E-state index contributed by atoms with van der Waals surface area (Å²) in [5.74, 6) is -2.33. The Morgan fingerprint density at radius 1 is 0.968 bits per heavy atom. The van der Waals surface area contributed by atoms with Crippen molar-refractivity contribution in [2.24, 2.45) is 0 Å². The molecule has 3 aromatic rings. The molecule has 1 aromatic heterocycles. The van der Waals surface area contributed by atoms with E-state index in [-0.39, 0.29) is 18.0 Å². The summed E-state index contributed by atoms with van der Waals surface area (Å²) in [6.07, 6.45) is 0. The molecule has 0 unspecified atom stereocenters. The summed E-state index contributed by atoms with van der Waals surface area (Å²) >= 11 is 1.22. The first-order valence-corrected chi connectivity index (χ1v) is 11.8. The lowest BCUT2D eigenvalue weighted by atomic mass is 10.1. The molecule has 6 nitrogen and oxygen atoms in total. The Bertz CT molecular complexity index is 1160. The second-order valence-corrected chi connectivity index (χ2v) is 9.93. The van der Waals surface area contributed by atoms with Crippen LogP contribution in [0.5, 0.6) is 0 Å². The Hall–Kier alpha value is -3.04. The van der Waals surface area contributed by atoms with Crippen molar-refractivity contribution >= 4 is 33.0 Å². The summed E-state index contributed by atoms with van der Waals surface area (Å²) in [6.45, 7) is 1.78.